The Balaban J connectivity index is 1.65. The summed E-state index contributed by atoms with van der Waals surface area (Å²) >= 11 is 0. The summed E-state index contributed by atoms with van der Waals surface area (Å²) in [6, 6.07) is 0.497. The summed E-state index contributed by atoms with van der Waals surface area (Å²) in [5.74, 6) is -0.928. The minimum atomic E-state index is -0.691. The zero-order valence-electron chi connectivity index (χ0n) is 9.46. The van der Waals surface area contributed by atoms with Gasteiger partial charge in [-0.2, -0.15) is 0 Å². The number of nitrogens with zero attached hydrogens (tertiary/aromatic N) is 1. The summed E-state index contributed by atoms with van der Waals surface area (Å²) in [6.45, 7) is 1.20. The molecule has 0 aliphatic carbocycles. The van der Waals surface area contributed by atoms with Crippen LogP contribution in [0.5, 0.6) is 0 Å². The number of hydrogen-bond acceptors (Lipinski definition) is 4. The van der Waals surface area contributed by atoms with Crippen molar-refractivity contribution in [3.8, 4) is 0 Å². The number of nitrogens with one attached hydrogen (secondary N) is 1. The van der Waals surface area contributed by atoms with E-state index in [2.05, 4.69) is 10.2 Å². The zero-order valence-corrected chi connectivity index (χ0v) is 9.46. The molecule has 0 radical (unpaired) electrons. The van der Waals surface area contributed by atoms with Crippen LogP contribution in [0.25, 0.3) is 0 Å². The maximum atomic E-state index is 11.1. The van der Waals surface area contributed by atoms with Crippen molar-refractivity contribution in [2.75, 3.05) is 13.1 Å². The summed E-state index contributed by atoms with van der Waals surface area (Å²) in [5, 5.41) is 11.8. The molecule has 4 atom stereocenters. The summed E-state index contributed by atoms with van der Waals surface area (Å²) in [5.41, 5.74) is 0. The lowest BCUT2D eigenvalue weighted by atomic mass is 9.89. The number of rotatable bonds is 3. The van der Waals surface area contributed by atoms with E-state index < -0.39 is 5.97 Å². The van der Waals surface area contributed by atoms with Crippen LogP contribution in [0.3, 0.4) is 0 Å². The highest BCUT2D eigenvalue weighted by Gasteiger charge is 2.50. The second kappa shape index (κ2) is 3.87. The number of carbonyl (C=O) groups excluding carboxylic acids is 1. The smallest absolute Gasteiger partial charge is 0.407 e. The predicted molar refractivity (Wildman–Crippen MR) is 57.5 cm³/mol. The Kier molecular flexibility index (Phi) is 2.47. The average Bonchev–Trinajstić information content (AvgIpc) is 2.95. The molecule has 4 unspecified atom stereocenters. The number of carbonyl (C=O) groups is 2. The number of amides is 1. The van der Waals surface area contributed by atoms with E-state index in [9.17, 15) is 9.59 Å². The summed E-state index contributed by atoms with van der Waals surface area (Å²) in [7, 11) is 0. The van der Waals surface area contributed by atoms with Crippen LogP contribution in [0.1, 0.15) is 19.3 Å². The van der Waals surface area contributed by atoms with Crippen molar-refractivity contribution in [1.29, 1.82) is 0 Å². The number of carboxylic acid groups (broad SMARTS) is 1. The molecule has 3 heterocycles. The molecular formula is C11H16N2O4. The van der Waals surface area contributed by atoms with E-state index in [1.807, 2.05) is 0 Å². The Bertz CT molecular complexity index is 359. The Morgan fingerprint density at radius 1 is 1.53 bits per heavy atom. The van der Waals surface area contributed by atoms with Crippen molar-refractivity contribution >= 4 is 12.1 Å². The van der Waals surface area contributed by atoms with Gasteiger partial charge in [0.15, 0.2) is 0 Å². The molecule has 0 aromatic heterocycles. The molecule has 6 heteroatoms. The largest absolute Gasteiger partial charge is 0.481 e. The first-order chi connectivity index (χ1) is 8.15. The van der Waals surface area contributed by atoms with E-state index in [4.69, 9.17) is 9.84 Å². The van der Waals surface area contributed by atoms with Crippen LogP contribution >= 0.6 is 0 Å². The Hall–Kier alpha value is -1.30. The normalized spacial score (nSPS) is 40.4. The highest BCUT2D eigenvalue weighted by atomic mass is 16.6. The lowest BCUT2D eigenvalue weighted by Crippen LogP contribution is -2.39. The number of carboxylic acids is 1. The molecule has 3 aliphatic rings. The molecule has 0 aromatic carbocycles. The molecule has 0 saturated carbocycles. The third kappa shape index (κ3) is 1.76. The van der Waals surface area contributed by atoms with E-state index in [-0.39, 0.29) is 24.2 Å². The average molecular weight is 240 g/mol. The van der Waals surface area contributed by atoms with Crippen LogP contribution in [-0.4, -0.2) is 53.3 Å². The number of alkyl carbamates (subject to hydrolysis) is 1. The van der Waals surface area contributed by atoms with Gasteiger partial charge < -0.3 is 15.2 Å². The van der Waals surface area contributed by atoms with Gasteiger partial charge in [0, 0.05) is 18.6 Å². The Morgan fingerprint density at radius 3 is 2.94 bits per heavy atom. The topological polar surface area (TPSA) is 78.9 Å². The molecule has 1 amide bonds. The first-order valence-electron chi connectivity index (χ1n) is 6.08. The first-order valence-corrected chi connectivity index (χ1v) is 6.08. The number of aliphatic carboxylic acids is 1. The lowest BCUT2D eigenvalue weighted by Gasteiger charge is -2.24. The van der Waals surface area contributed by atoms with E-state index in [1.165, 1.54) is 0 Å². The van der Waals surface area contributed by atoms with Gasteiger partial charge in [-0.05, 0) is 19.3 Å². The molecule has 17 heavy (non-hydrogen) atoms. The molecule has 3 aliphatic heterocycles. The number of hydrogen-bond donors (Lipinski definition) is 2. The van der Waals surface area contributed by atoms with Crippen molar-refractivity contribution < 1.29 is 19.4 Å². The maximum absolute atomic E-state index is 11.1. The fourth-order valence-corrected chi connectivity index (χ4v) is 3.42. The third-order valence-corrected chi connectivity index (χ3v) is 4.16. The van der Waals surface area contributed by atoms with E-state index in [1.54, 1.807) is 0 Å². The molecule has 6 nitrogen and oxygen atoms in total. The van der Waals surface area contributed by atoms with Gasteiger partial charge in [0.2, 0.25) is 0 Å². The van der Waals surface area contributed by atoms with Crippen LogP contribution in [0, 0.1) is 5.92 Å². The zero-order chi connectivity index (χ0) is 12.0. The predicted octanol–water partition coefficient (Wildman–Crippen LogP) is 0.0323. The molecule has 3 rings (SSSR count). The highest BCUT2D eigenvalue weighted by molar-refractivity contribution is 5.72. The molecule has 94 valence electrons. The van der Waals surface area contributed by atoms with Gasteiger partial charge in [-0.15, -0.1) is 0 Å². The van der Waals surface area contributed by atoms with Crippen molar-refractivity contribution in [2.24, 2.45) is 5.92 Å². The van der Waals surface area contributed by atoms with Crippen molar-refractivity contribution in [3.05, 3.63) is 0 Å². The Morgan fingerprint density at radius 2 is 2.35 bits per heavy atom. The van der Waals surface area contributed by atoms with Gasteiger partial charge in [-0.1, -0.05) is 0 Å². The molecular weight excluding hydrogens is 224 g/mol. The lowest BCUT2D eigenvalue weighted by molar-refractivity contribution is -0.142. The molecule has 0 aromatic rings. The molecule has 2 bridgehead atoms. The van der Waals surface area contributed by atoms with Crippen LogP contribution in [0.2, 0.25) is 0 Å². The molecule has 2 N–H and O–H groups in total. The van der Waals surface area contributed by atoms with E-state index >= 15 is 0 Å². The fourth-order valence-electron chi connectivity index (χ4n) is 3.42. The van der Waals surface area contributed by atoms with Crippen LogP contribution in [0.15, 0.2) is 0 Å². The number of ether oxygens (including phenoxy) is 1. The standard InChI is InChI=1S/C11H16N2O4/c14-10(15)8-3-6-1-2-9(8)13(6)5-7-4-12-11(16)17-7/h6-9H,1-5H2,(H,12,16)(H,14,15). The summed E-state index contributed by atoms with van der Waals surface area (Å²) in [4.78, 5) is 24.3. The number of fused-ring (bicyclic) bond motifs is 2. The fraction of sp³-hybridized carbons (Fsp3) is 0.818. The van der Waals surface area contributed by atoms with Crippen LogP contribution in [-0.2, 0) is 9.53 Å². The van der Waals surface area contributed by atoms with E-state index in [0.717, 1.165) is 19.3 Å². The third-order valence-electron chi connectivity index (χ3n) is 4.16. The first kappa shape index (κ1) is 10.8. The van der Waals surface area contributed by atoms with Crippen molar-refractivity contribution in [3.63, 3.8) is 0 Å². The summed E-state index contributed by atoms with van der Waals surface area (Å²) in [6.07, 6.45) is 2.28. The summed E-state index contributed by atoms with van der Waals surface area (Å²) < 4.78 is 5.10. The van der Waals surface area contributed by atoms with Crippen molar-refractivity contribution in [2.45, 2.75) is 37.5 Å². The monoisotopic (exact) mass is 240 g/mol. The second-order valence-electron chi connectivity index (χ2n) is 5.08. The van der Waals surface area contributed by atoms with Crippen LogP contribution in [0.4, 0.5) is 4.79 Å². The van der Waals surface area contributed by atoms with Gasteiger partial charge in [0.05, 0.1) is 12.5 Å². The molecule has 3 saturated heterocycles. The van der Waals surface area contributed by atoms with E-state index in [0.29, 0.717) is 19.1 Å². The van der Waals surface area contributed by atoms with Gasteiger partial charge in [0.25, 0.3) is 0 Å². The highest BCUT2D eigenvalue weighted by Crippen LogP contribution is 2.41. The Labute approximate surface area is 98.9 Å². The molecule has 0 spiro atoms. The van der Waals surface area contributed by atoms with Crippen molar-refractivity contribution in [1.82, 2.24) is 10.2 Å². The van der Waals surface area contributed by atoms with Gasteiger partial charge in [-0.25, -0.2) is 4.79 Å². The van der Waals surface area contributed by atoms with Gasteiger partial charge >= 0.3 is 12.1 Å². The SMILES string of the molecule is O=C1NCC(CN2C3CCC2C(C(=O)O)C3)O1. The van der Waals surface area contributed by atoms with Gasteiger partial charge in [0.1, 0.15) is 6.10 Å². The quantitative estimate of drug-likeness (QED) is 0.727. The minimum absolute atomic E-state index is 0.127. The van der Waals surface area contributed by atoms with Crippen LogP contribution < -0.4 is 5.32 Å². The second-order valence-corrected chi connectivity index (χ2v) is 5.08. The van der Waals surface area contributed by atoms with Gasteiger partial charge in [-0.3, -0.25) is 9.69 Å². The minimum Gasteiger partial charge on any atom is -0.481 e. The number of cyclic esters (lactones) is 1. The maximum Gasteiger partial charge on any atom is 0.407 e. The molecule has 3 fully saturated rings.